The second kappa shape index (κ2) is 6.59. The van der Waals surface area contributed by atoms with Crippen molar-refractivity contribution < 1.29 is 9.31 Å². The van der Waals surface area contributed by atoms with Crippen molar-refractivity contribution in [2.75, 3.05) is 0 Å². The van der Waals surface area contributed by atoms with Crippen LogP contribution in [0, 0.1) is 6.92 Å². The first-order valence-corrected chi connectivity index (χ1v) is 9.40. The first-order chi connectivity index (χ1) is 11.3. The molecular weight excluding hydrogens is 315 g/mol. The maximum atomic E-state index is 6.11. The average Bonchev–Trinajstić information content (AvgIpc) is 2.75. The van der Waals surface area contributed by atoms with Crippen molar-refractivity contribution in [3.05, 3.63) is 59.7 Å². The number of aryl methyl sites for hydroxylation is 1. The fourth-order valence-electron chi connectivity index (χ4n) is 2.63. The van der Waals surface area contributed by atoms with E-state index in [1.165, 1.54) is 16.0 Å². The topological polar surface area (TPSA) is 18.5 Å². The van der Waals surface area contributed by atoms with Gasteiger partial charge in [0, 0.05) is 10.6 Å². The van der Waals surface area contributed by atoms with Gasteiger partial charge in [-0.25, -0.2) is 0 Å². The minimum Gasteiger partial charge on any atom is -0.399 e. The highest BCUT2D eigenvalue weighted by Gasteiger charge is 2.51. The van der Waals surface area contributed by atoms with Crippen LogP contribution in [0.25, 0.3) is 0 Å². The molecule has 0 atom stereocenters. The van der Waals surface area contributed by atoms with Crippen LogP contribution >= 0.6 is 11.8 Å². The molecule has 1 fully saturated rings. The van der Waals surface area contributed by atoms with Crippen molar-refractivity contribution in [2.45, 2.75) is 56.5 Å². The lowest BCUT2D eigenvalue weighted by molar-refractivity contribution is 0.00578. The van der Waals surface area contributed by atoms with Crippen molar-refractivity contribution in [3.8, 4) is 0 Å². The van der Waals surface area contributed by atoms with E-state index >= 15 is 0 Å². The van der Waals surface area contributed by atoms with E-state index in [4.69, 9.17) is 9.31 Å². The Kier molecular flexibility index (Phi) is 4.83. The molecule has 0 spiro atoms. The summed E-state index contributed by atoms with van der Waals surface area (Å²) in [6, 6.07) is 17.1. The molecule has 0 bridgehead atoms. The molecule has 0 radical (unpaired) electrons. The molecule has 1 saturated heterocycles. The summed E-state index contributed by atoms with van der Waals surface area (Å²) in [5, 5.41) is 0. The molecule has 2 nitrogen and oxygen atoms in total. The highest BCUT2D eigenvalue weighted by molar-refractivity contribution is 7.98. The summed E-state index contributed by atoms with van der Waals surface area (Å²) >= 11 is 1.88. The molecule has 0 amide bonds. The van der Waals surface area contributed by atoms with Crippen LogP contribution in [0.3, 0.4) is 0 Å². The Hall–Kier alpha value is -1.23. The zero-order chi connectivity index (χ0) is 17.4. The van der Waals surface area contributed by atoms with Gasteiger partial charge in [-0.1, -0.05) is 42.5 Å². The summed E-state index contributed by atoms with van der Waals surface area (Å²) in [4.78, 5) is 1.34. The second-order valence-electron chi connectivity index (χ2n) is 7.38. The summed E-state index contributed by atoms with van der Waals surface area (Å²) in [6.07, 6.45) is 0. The van der Waals surface area contributed by atoms with Crippen LogP contribution in [0.5, 0.6) is 0 Å². The molecule has 3 rings (SSSR count). The molecule has 0 unspecified atom stereocenters. The molecule has 0 N–H and O–H groups in total. The van der Waals surface area contributed by atoms with Gasteiger partial charge in [0.1, 0.15) is 0 Å². The largest absolute Gasteiger partial charge is 0.494 e. The van der Waals surface area contributed by atoms with Gasteiger partial charge in [0.2, 0.25) is 0 Å². The Morgan fingerprint density at radius 3 is 2.04 bits per heavy atom. The quantitative estimate of drug-likeness (QED) is 0.599. The van der Waals surface area contributed by atoms with Crippen LogP contribution in [-0.2, 0) is 15.1 Å². The average molecular weight is 340 g/mol. The van der Waals surface area contributed by atoms with E-state index < -0.39 is 0 Å². The Balaban J connectivity index is 1.65. The predicted octanol–water partition coefficient (Wildman–Crippen LogP) is 4.59. The summed E-state index contributed by atoms with van der Waals surface area (Å²) in [5.74, 6) is 0.967. The van der Waals surface area contributed by atoms with Gasteiger partial charge in [0.05, 0.1) is 11.2 Å². The normalized spacial score (nSPS) is 18.8. The third kappa shape index (κ3) is 3.56. The lowest BCUT2D eigenvalue weighted by atomic mass is 9.79. The summed E-state index contributed by atoms with van der Waals surface area (Å²) in [6.45, 7) is 10.5. The van der Waals surface area contributed by atoms with Crippen molar-refractivity contribution in [3.63, 3.8) is 0 Å². The van der Waals surface area contributed by atoms with E-state index in [-0.39, 0.29) is 18.3 Å². The first kappa shape index (κ1) is 17.6. The third-order valence-electron chi connectivity index (χ3n) is 4.99. The van der Waals surface area contributed by atoms with Crippen molar-refractivity contribution in [2.24, 2.45) is 0 Å². The maximum Gasteiger partial charge on any atom is 0.494 e. The third-order valence-corrected chi connectivity index (χ3v) is 6.24. The van der Waals surface area contributed by atoms with Crippen LogP contribution in [0.2, 0.25) is 0 Å². The molecule has 1 aliphatic heterocycles. The molecule has 0 aromatic heterocycles. The Bertz CT molecular complexity index is 694. The van der Waals surface area contributed by atoms with E-state index in [0.29, 0.717) is 0 Å². The van der Waals surface area contributed by atoms with Crippen LogP contribution < -0.4 is 5.46 Å². The van der Waals surface area contributed by atoms with Gasteiger partial charge in [-0.3, -0.25) is 0 Å². The van der Waals surface area contributed by atoms with E-state index in [0.717, 1.165) is 11.2 Å². The molecule has 126 valence electrons. The van der Waals surface area contributed by atoms with Crippen LogP contribution in [0.4, 0.5) is 0 Å². The Morgan fingerprint density at radius 1 is 0.875 bits per heavy atom. The van der Waals surface area contributed by atoms with Crippen molar-refractivity contribution in [1.82, 2.24) is 0 Å². The lowest BCUT2D eigenvalue weighted by Gasteiger charge is -2.32. The van der Waals surface area contributed by atoms with Gasteiger partial charge in [-0.05, 0) is 57.3 Å². The van der Waals surface area contributed by atoms with Gasteiger partial charge < -0.3 is 9.31 Å². The second-order valence-corrected chi connectivity index (χ2v) is 8.40. The van der Waals surface area contributed by atoms with E-state index in [2.05, 4.69) is 83.1 Å². The molecule has 2 aromatic carbocycles. The predicted molar refractivity (Wildman–Crippen MR) is 103 cm³/mol. The lowest BCUT2D eigenvalue weighted by Crippen LogP contribution is -2.41. The summed E-state index contributed by atoms with van der Waals surface area (Å²) in [7, 11) is -0.284. The monoisotopic (exact) mass is 340 g/mol. The SMILES string of the molecule is Cc1ccccc1SCc1ccc(B2OC(C)(C)C(C)(C)O2)cc1. The van der Waals surface area contributed by atoms with Crippen molar-refractivity contribution in [1.29, 1.82) is 0 Å². The standard InChI is InChI=1S/C20H25BO2S/c1-15-8-6-7-9-18(15)24-14-16-10-12-17(13-11-16)21-22-19(2,3)20(4,5)23-21/h6-13H,14H2,1-5H3. The van der Waals surface area contributed by atoms with Gasteiger partial charge in [-0.15, -0.1) is 11.8 Å². The molecule has 4 heteroatoms. The summed E-state index contributed by atoms with van der Waals surface area (Å²) < 4.78 is 12.2. The molecule has 2 aromatic rings. The number of hydrogen-bond donors (Lipinski definition) is 0. The molecule has 24 heavy (non-hydrogen) atoms. The Morgan fingerprint density at radius 2 is 1.46 bits per heavy atom. The van der Waals surface area contributed by atoms with Gasteiger partial charge >= 0.3 is 7.12 Å². The fraction of sp³-hybridized carbons (Fsp3) is 0.400. The zero-order valence-corrected chi connectivity index (χ0v) is 15.9. The van der Waals surface area contributed by atoms with Crippen molar-refractivity contribution >= 4 is 24.3 Å². The minimum atomic E-state index is -0.295. The number of thioether (sulfide) groups is 1. The summed E-state index contributed by atoms with van der Waals surface area (Å²) in [5.41, 5.74) is 3.13. The van der Waals surface area contributed by atoms with E-state index in [9.17, 15) is 0 Å². The highest BCUT2D eigenvalue weighted by atomic mass is 32.2. The minimum absolute atomic E-state index is 0.284. The number of rotatable bonds is 4. The van der Waals surface area contributed by atoms with E-state index in [1.807, 2.05) is 11.8 Å². The van der Waals surface area contributed by atoms with Gasteiger partial charge in [-0.2, -0.15) is 0 Å². The molecule has 0 aliphatic carbocycles. The Labute approximate surface area is 150 Å². The molecule has 1 heterocycles. The maximum absolute atomic E-state index is 6.11. The van der Waals surface area contributed by atoms with Crippen LogP contribution in [0.1, 0.15) is 38.8 Å². The molecule has 1 aliphatic rings. The number of benzene rings is 2. The number of hydrogen-bond acceptors (Lipinski definition) is 3. The van der Waals surface area contributed by atoms with Crippen LogP contribution in [-0.4, -0.2) is 18.3 Å². The van der Waals surface area contributed by atoms with Gasteiger partial charge in [0.25, 0.3) is 0 Å². The molecular formula is C20H25BO2S. The van der Waals surface area contributed by atoms with Crippen LogP contribution in [0.15, 0.2) is 53.4 Å². The molecule has 0 saturated carbocycles. The smallest absolute Gasteiger partial charge is 0.399 e. The zero-order valence-electron chi connectivity index (χ0n) is 15.1. The van der Waals surface area contributed by atoms with E-state index in [1.54, 1.807) is 0 Å². The highest BCUT2D eigenvalue weighted by Crippen LogP contribution is 2.36. The first-order valence-electron chi connectivity index (χ1n) is 8.41. The van der Waals surface area contributed by atoms with Gasteiger partial charge in [0.15, 0.2) is 0 Å². The fourth-order valence-corrected chi connectivity index (χ4v) is 3.61.